The number of carbonyl (C=O) groups excluding carboxylic acids is 1. The summed E-state index contributed by atoms with van der Waals surface area (Å²) in [6, 6.07) is 19.3. The van der Waals surface area contributed by atoms with E-state index in [-0.39, 0.29) is 23.6 Å². The van der Waals surface area contributed by atoms with Crippen molar-refractivity contribution in [2.45, 2.75) is 18.6 Å². The first-order chi connectivity index (χ1) is 17.7. The Kier molecular flexibility index (Phi) is 7.41. The van der Waals surface area contributed by atoms with Gasteiger partial charge in [0.1, 0.15) is 11.4 Å². The van der Waals surface area contributed by atoms with Crippen molar-refractivity contribution in [1.29, 1.82) is 5.26 Å². The molecule has 4 rings (SSSR count). The zero-order valence-electron chi connectivity index (χ0n) is 19.7. The number of carbonyl (C=O) groups is 1. The summed E-state index contributed by atoms with van der Waals surface area (Å²) in [5, 5.41) is 22.5. The number of fused-ring (bicyclic) bond motifs is 1. The molecule has 0 radical (unpaired) electrons. The minimum absolute atomic E-state index is 0.0303. The number of ether oxygens (including phenoxy) is 1. The third-order valence-electron chi connectivity index (χ3n) is 5.81. The predicted octanol–water partition coefficient (Wildman–Crippen LogP) is 5.49. The second-order valence-corrected chi connectivity index (χ2v) is 8.47. The van der Waals surface area contributed by atoms with E-state index in [2.05, 4.69) is 16.4 Å². The Hall–Kier alpha value is -4.42. The number of pyridine rings is 1. The molecule has 0 aliphatic heterocycles. The van der Waals surface area contributed by atoms with Gasteiger partial charge in [0.05, 0.1) is 35.4 Å². The molecule has 1 heterocycles. The number of phenolic OH excluding ortho intramolecular Hbond substituents is 1. The van der Waals surface area contributed by atoms with E-state index in [1.165, 1.54) is 19.2 Å². The van der Waals surface area contributed by atoms with E-state index in [4.69, 9.17) is 4.74 Å². The molecular weight excluding hydrogens is 483 g/mol. The van der Waals surface area contributed by atoms with Crippen LogP contribution in [0.5, 0.6) is 5.75 Å². The number of methoxy groups -OCH3 is 1. The van der Waals surface area contributed by atoms with Crippen LogP contribution < -0.4 is 5.32 Å². The lowest BCUT2D eigenvalue weighted by Gasteiger charge is -2.18. The van der Waals surface area contributed by atoms with Gasteiger partial charge in [-0.05, 0) is 65.6 Å². The number of benzene rings is 3. The quantitative estimate of drug-likeness (QED) is 0.347. The van der Waals surface area contributed by atoms with Crippen molar-refractivity contribution in [3.8, 4) is 22.9 Å². The normalized spacial score (nSPS) is 12.2. The first-order valence-electron chi connectivity index (χ1n) is 11.3. The van der Waals surface area contributed by atoms with Crippen LogP contribution in [-0.2, 0) is 17.3 Å². The van der Waals surface area contributed by atoms with Gasteiger partial charge in [0, 0.05) is 12.5 Å². The van der Waals surface area contributed by atoms with E-state index in [1.54, 1.807) is 48.5 Å². The van der Waals surface area contributed by atoms with E-state index in [0.717, 1.165) is 17.7 Å². The summed E-state index contributed by atoms with van der Waals surface area (Å²) in [4.78, 5) is 17.4. The number of amides is 1. The van der Waals surface area contributed by atoms with Crippen LogP contribution >= 0.6 is 0 Å². The summed E-state index contributed by atoms with van der Waals surface area (Å²) >= 11 is 0. The highest BCUT2D eigenvalue weighted by Crippen LogP contribution is 2.33. The highest BCUT2D eigenvalue weighted by atomic mass is 19.4. The molecule has 188 valence electrons. The second kappa shape index (κ2) is 10.7. The lowest BCUT2D eigenvalue weighted by atomic mass is 9.99. The molecule has 1 aromatic heterocycles. The molecule has 0 fully saturated rings. The number of alkyl halides is 3. The third kappa shape index (κ3) is 6.05. The van der Waals surface area contributed by atoms with Crippen molar-refractivity contribution in [3.63, 3.8) is 0 Å². The van der Waals surface area contributed by atoms with Crippen LogP contribution in [0.4, 0.5) is 13.2 Å². The highest BCUT2D eigenvalue weighted by molar-refractivity contribution is 5.98. The minimum atomic E-state index is -4.47. The molecule has 1 amide bonds. The van der Waals surface area contributed by atoms with Gasteiger partial charge in [0.25, 0.3) is 5.91 Å². The number of rotatable bonds is 7. The Balaban J connectivity index is 1.62. The molecule has 6 nitrogen and oxygen atoms in total. The Labute approximate surface area is 211 Å². The smallest absolute Gasteiger partial charge is 0.416 e. The Bertz CT molecular complexity index is 1480. The largest absolute Gasteiger partial charge is 0.508 e. The van der Waals surface area contributed by atoms with Crippen LogP contribution in [0.1, 0.15) is 27.2 Å². The van der Waals surface area contributed by atoms with E-state index in [9.17, 15) is 28.3 Å². The fraction of sp³-hybridized carbons (Fsp3) is 0.179. The van der Waals surface area contributed by atoms with Crippen molar-refractivity contribution in [3.05, 3.63) is 95.2 Å². The Morgan fingerprint density at radius 2 is 1.81 bits per heavy atom. The molecule has 0 bridgehead atoms. The highest BCUT2D eigenvalue weighted by Gasteiger charge is 2.30. The number of nitrogens with one attached hydrogen (secondary N) is 1. The van der Waals surface area contributed by atoms with Crippen molar-refractivity contribution in [2.24, 2.45) is 0 Å². The van der Waals surface area contributed by atoms with Gasteiger partial charge in [-0.3, -0.25) is 4.79 Å². The lowest BCUT2D eigenvalue weighted by molar-refractivity contribution is -0.137. The summed E-state index contributed by atoms with van der Waals surface area (Å²) in [5.74, 6) is -0.363. The van der Waals surface area contributed by atoms with E-state index < -0.39 is 23.7 Å². The summed E-state index contributed by atoms with van der Waals surface area (Å²) in [7, 11) is 1.51. The van der Waals surface area contributed by atoms with E-state index in [1.807, 2.05) is 0 Å². The van der Waals surface area contributed by atoms with E-state index >= 15 is 0 Å². The van der Waals surface area contributed by atoms with E-state index in [0.29, 0.717) is 28.5 Å². The molecule has 0 saturated carbocycles. The topological polar surface area (TPSA) is 95.2 Å². The molecule has 9 heteroatoms. The van der Waals surface area contributed by atoms with Crippen LogP contribution in [0.25, 0.3) is 22.0 Å². The minimum Gasteiger partial charge on any atom is -0.508 e. The Morgan fingerprint density at radius 1 is 1.08 bits per heavy atom. The number of phenols is 1. The maximum atomic E-state index is 13.1. The van der Waals surface area contributed by atoms with Gasteiger partial charge < -0.3 is 15.2 Å². The molecule has 0 saturated heterocycles. The van der Waals surface area contributed by atoms with Crippen LogP contribution in [-0.4, -0.2) is 35.8 Å². The van der Waals surface area contributed by atoms with Gasteiger partial charge in [-0.15, -0.1) is 0 Å². The molecule has 0 aliphatic carbocycles. The average Bonchev–Trinajstić information content (AvgIpc) is 2.88. The van der Waals surface area contributed by atoms with Crippen molar-refractivity contribution < 1.29 is 27.8 Å². The maximum Gasteiger partial charge on any atom is 0.416 e. The molecule has 0 spiro atoms. The second-order valence-electron chi connectivity index (χ2n) is 8.47. The number of halogens is 3. The van der Waals surface area contributed by atoms with Crippen LogP contribution in [0.15, 0.2) is 72.8 Å². The molecule has 2 N–H and O–H groups in total. The molecule has 3 aromatic carbocycles. The number of nitrogens with zero attached hydrogens (tertiary/aromatic N) is 2. The van der Waals surface area contributed by atoms with Gasteiger partial charge in [-0.25, -0.2) is 4.98 Å². The summed E-state index contributed by atoms with van der Waals surface area (Å²) in [6.45, 7) is 0.228. The summed E-state index contributed by atoms with van der Waals surface area (Å²) in [6.07, 6.45) is -4.03. The number of nitriles is 1. The third-order valence-corrected chi connectivity index (χ3v) is 5.81. The number of aromatic nitrogens is 1. The van der Waals surface area contributed by atoms with Gasteiger partial charge in [-0.2, -0.15) is 18.4 Å². The van der Waals surface area contributed by atoms with Crippen LogP contribution in [0, 0.1) is 11.3 Å². The molecule has 37 heavy (non-hydrogen) atoms. The predicted molar refractivity (Wildman–Crippen MR) is 132 cm³/mol. The average molecular weight is 505 g/mol. The zero-order chi connectivity index (χ0) is 26.6. The SMILES string of the molecule is COC[C@H](Cc1ccc(O)cc1)NC(=O)c1cc(C#N)c2cc(-c3cccc(C(F)(F)F)c3)ccc2n1. The summed E-state index contributed by atoms with van der Waals surface area (Å²) in [5.41, 5.74) is 1.51. The van der Waals surface area contributed by atoms with Crippen molar-refractivity contribution in [2.75, 3.05) is 13.7 Å². The van der Waals surface area contributed by atoms with Gasteiger partial charge in [-0.1, -0.05) is 30.3 Å². The first-order valence-corrected chi connectivity index (χ1v) is 11.3. The molecule has 0 aliphatic rings. The number of aromatic hydroxyl groups is 1. The van der Waals surface area contributed by atoms with Crippen molar-refractivity contribution >= 4 is 16.8 Å². The lowest BCUT2D eigenvalue weighted by Crippen LogP contribution is -2.40. The first kappa shape index (κ1) is 25.7. The molecule has 1 atom stereocenters. The molecule has 0 unspecified atom stereocenters. The fourth-order valence-electron chi connectivity index (χ4n) is 4.02. The monoisotopic (exact) mass is 505 g/mol. The van der Waals surface area contributed by atoms with Gasteiger partial charge >= 0.3 is 6.18 Å². The number of hydrogen-bond donors (Lipinski definition) is 2. The molecule has 4 aromatic rings. The fourth-order valence-corrected chi connectivity index (χ4v) is 4.02. The standard InChI is InChI=1S/C28H22F3N3O3/c1-37-16-22(11-17-5-8-23(35)9-6-17)33-27(36)26-14-20(15-32)24-13-19(7-10-25(24)34-26)18-3-2-4-21(12-18)28(29,30)31/h2-10,12-14,22,35H,11,16H2,1H3,(H,33,36)/t22-/m0/s1. The zero-order valence-corrected chi connectivity index (χ0v) is 19.7. The summed E-state index contributed by atoms with van der Waals surface area (Å²) < 4.78 is 44.7. The molecular formula is C28H22F3N3O3. The Morgan fingerprint density at radius 3 is 2.49 bits per heavy atom. The number of hydrogen-bond acceptors (Lipinski definition) is 5. The van der Waals surface area contributed by atoms with Crippen LogP contribution in [0.2, 0.25) is 0 Å². The maximum absolute atomic E-state index is 13.1. The van der Waals surface area contributed by atoms with Gasteiger partial charge in [0.2, 0.25) is 0 Å². The van der Waals surface area contributed by atoms with Crippen molar-refractivity contribution in [1.82, 2.24) is 10.3 Å². The van der Waals surface area contributed by atoms with Gasteiger partial charge in [0.15, 0.2) is 0 Å². The van der Waals surface area contributed by atoms with Crippen LogP contribution in [0.3, 0.4) is 0 Å².